The lowest BCUT2D eigenvalue weighted by Crippen LogP contribution is -2.56. The number of phenols is 1. The third-order valence-corrected chi connectivity index (χ3v) is 7.16. The van der Waals surface area contributed by atoms with Gasteiger partial charge in [-0.25, -0.2) is 0 Å². The highest BCUT2D eigenvalue weighted by Crippen LogP contribution is 2.53. The van der Waals surface area contributed by atoms with Crippen molar-refractivity contribution in [3.8, 4) is 5.75 Å². The van der Waals surface area contributed by atoms with E-state index in [0.29, 0.717) is 16.6 Å². The van der Waals surface area contributed by atoms with E-state index in [-0.39, 0.29) is 29.0 Å². The van der Waals surface area contributed by atoms with Crippen molar-refractivity contribution >= 4 is 50.8 Å². The average molecular weight is 537 g/mol. The van der Waals surface area contributed by atoms with Gasteiger partial charge in [0.15, 0.2) is 11.3 Å². The topological polar surface area (TPSA) is 124 Å². The number of halogens is 1. The van der Waals surface area contributed by atoms with E-state index in [1.165, 1.54) is 36.4 Å². The number of amides is 2. The van der Waals surface area contributed by atoms with E-state index in [9.17, 15) is 29.4 Å². The van der Waals surface area contributed by atoms with Crippen molar-refractivity contribution in [2.24, 2.45) is 5.41 Å². The Hall–Kier alpha value is -3.72. The highest BCUT2D eigenvalue weighted by atomic mass is 79.9. The molecule has 2 aliphatic heterocycles. The number of nitrogens with zero attached hydrogens (tertiary/aromatic N) is 1. The van der Waals surface area contributed by atoms with Crippen LogP contribution in [0.5, 0.6) is 5.75 Å². The summed E-state index contributed by atoms with van der Waals surface area (Å²) in [5, 5.41) is 24.7. The summed E-state index contributed by atoms with van der Waals surface area (Å²) in [6, 6.07) is 12.1. The van der Waals surface area contributed by atoms with Crippen LogP contribution in [0.3, 0.4) is 0 Å². The standard InChI is InChI=1S/C26H21BrN2O6/c1-25(2)11-15-19(18(31)12-25)26(24(35)28-15)20(21(32)13-7-9-14(27)10-8-13)22(33)23(34)29(26)16-5-3-4-6-17(16)30/h3-10,30,32H,11-12H2,1-2H3,(H,28,35)/b21-20-. The molecule has 35 heavy (non-hydrogen) atoms. The quantitative estimate of drug-likeness (QED) is 0.306. The number of aromatic hydroxyl groups is 1. The number of fused-ring (bicyclic) bond motifs is 1. The number of aliphatic hydroxyl groups is 1. The molecule has 178 valence electrons. The number of hydrogen-bond donors (Lipinski definition) is 3. The minimum absolute atomic E-state index is 0.0528. The number of hydrogen-bond acceptors (Lipinski definition) is 6. The molecule has 1 saturated heterocycles. The Morgan fingerprint density at radius 2 is 1.66 bits per heavy atom. The number of ketones is 2. The second-order valence-corrected chi connectivity index (χ2v) is 10.6. The zero-order valence-corrected chi connectivity index (χ0v) is 20.5. The van der Waals surface area contributed by atoms with Gasteiger partial charge < -0.3 is 15.5 Å². The van der Waals surface area contributed by atoms with E-state index in [1.54, 1.807) is 12.1 Å². The molecule has 0 aromatic heterocycles. The number of para-hydroxylation sites is 2. The smallest absolute Gasteiger partial charge is 0.300 e. The number of rotatable bonds is 2. The Morgan fingerprint density at radius 3 is 2.31 bits per heavy atom. The lowest BCUT2D eigenvalue weighted by atomic mass is 9.70. The first kappa shape index (κ1) is 23.0. The molecule has 0 radical (unpaired) electrons. The molecule has 3 N–H and O–H groups in total. The highest BCUT2D eigenvalue weighted by molar-refractivity contribution is 9.10. The Labute approximate surface area is 209 Å². The van der Waals surface area contributed by atoms with Gasteiger partial charge in [0.25, 0.3) is 11.7 Å². The van der Waals surface area contributed by atoms with Crippen LogP contribution in [0.4, 0.5) is 5.69 Å². The minimum Gasteiger partial charge on any atom is -0.507 e. The van der Waals surface area contributed by atoms with Crippen LogP contribution in [0.1, 0.15) is 32.3 Å². The summed E-state index contributed by atoms with van der Waals surface area (Å²) in [4.78, 5) is 55.2. The number of phenolic OH excluding ortho intramolecular Hbond substituents is 1. The molecule has 5 rings (SSSR count). The van der Waals surface area contributed by atoms with E-state index in [4.69, 9.17) is 0 Å². The summed E-state index contributed by atoms with van der Waals surface area (Å²) in [7, 11) is 0. The molecule has 8 nitrogen and oxygen atoms in total. The summed E-state index contributed by atoms with van der Waals surface area (Å²) in [6.07, 6.45) is 0.400. The van der Waals surface area contributed by atoms with Gasteiger partial charge >= 0.3 is 5.91 Å². The third kappa shape index (κ3) is 3.18. The third-order valence-electron chi connectivity index (χ3n) is 6.63. The molecule has 2 amide bonds. The number of carbonyl (C=O) groups excluding carboxylic acids is 4. The van der Waals surface area contributed by atoms with Gasteiger partial charge in [0, 0.05) is 22.2 Å². The van der Waals surface area contributed by atoms with Gasteiger partial charge in [-0.3, -0.25) is 24.1 Å². The normalized spacial score (nSPS) is 24.8. The van der Waals surface area contributed by atoms with Gasteiger partial charge in [-0.1, -0.05) is 54.0 Å². The van der Waals surface area contributed by atoms with Gasteiger partial charge in [0.1, 0.15) is 11.5 Å². The molecule has 0 bridgehead atoms. The Morgan fingerprint density at radius 1 is 1.00 bits per heavy atom. The fourth-order valence-corrected chi connectivity index (χ4v) is 5.52. The second-order valence-electron chi connectivity index (χ2n) is 9.65. The van der Waals surface area contributed by atoms with Crippen molar-refractivity contribution in [1.29, 1.82) is 0 Å². The summed E-state index contributed by atoms with van der Waals surface area (Å²) in [5.41, 5.74) is -2.91. The number of benzene rings is 2. The van der Waals surface area contributed by atoms with Crippen molar-refractivity contribution in [3.05, 3.63) is 75.4 Å². The summed E-state index contributed by atoms with van der Waals surface area (Å²) >= 11 is 3.31. The van der Waals surface area contributed by atoms with Crippen molar-refractivity contribution in [2.45, 2.75) is 32.2 Å². The molecule has 9 heteroatoms. The van der Waals surface area contributed by atoms with Crippen molar-refractivity contribution in [3.63, 3.8) is 0 Å². The van der Waals surface area contributed by atoms with Crippen LogP contribution >= 0.6 is 15.9 Å². The molecule has 1 fully saturated rings. The molecule has 2 aromatic carbocycles. The van der Waals surface area contributed by atoms with Crippen LogP contribution in [-0.4, -0.2) is 39.1 Å². The molecule has 2 aromatic rings. The van der Waals surface area contributed by atoms with Gasteiger partial charge in [-0.2, -0.15) is 0 Å². The van der Waals surface area contributed by atoms with E-state index < -0.39 is 45.7 Å². The molecule has 1 spiro atoms. The number of aliphatic hydroxyl groups excluding tert-OH is 1. The van der Waals surface area contributed by atoms with E-state index in [2.05, 4.69) is 21.2 Å². The van der Waals surface area contributed by atoms with E-state index >= 15 is 0 Å². The van der Waals surface area contributed by atoms with Crippen LogP contribution in [0.15, 0.2) is 69.8 Å². The monoisotopic (exact) mass is 536 g/mol. The van der Waals surface area contributed by atoms with Gasteiger partial charge in [0.05, 0.1) is 16.8 Å². The fraction of sp³-hybridized carbons (Fsp3) is 0.231. The fourth-order valence-electron chi connectivity index (χ4n) is 5.25. The van der Waals surface area contributed by atoms with E-state index in [0.717, 1.165) is 4.90 Å². The summed E-state index contributed by atoms with van der Waals surface area (Å²) < 4.78 is 0.715. The number of anilines is 1. The van der Waals surface area contributed by atoms with Crippen LogP contribution in [0.25, 0.3) is 5.76 Å². The molecular formula is C26H21BrN2O6. The zero-order chi connectivity index (χ0) is 25.3. The van der Waals surface area contributed by atoms with Gasteiger partial charge in [0.2, 0.25) is 0 Å². The van der Waals surface area contributed by atoms with Crippen molar-refractivity contribution in [2.75, 3.05) is 4.90 Å². The SMILES string of the molecule is CC1(C)CC(=O)C2=C(C1)NC(=O)C21/C(=C(\O)c2ccc(Br)cc2)C(=O)C(=O)N1c1ccccc1O. The van der Waals surface area contributed by atoms with Crippen LogP contribution in [-0.2, 0) is 19.2 Å². The average Bonchev–Trinajstić information content (AvgIpc) is 3.18. The Kier molecular flexibility index (Phi) is 5.03. The largest absolute Gasteiger partial charge is 0.507 e. The summed E-state index contributed by atoms with van der Waals surface area (Å²) in [6.45, 7) is 3.77. The maximum absolute atomic E-state index is 13.8. The van der Waals surface area contributed by atoms with Gasteiger partial charge in [-0.15, -0.1) is 0 Å². The molecular weight excluding hydrogens is 516 g/mol. The van der Waals surface area contributed by atoms with Crippen LogP contribution in [0.2, 0.25) is 0 Å². The molecule has 1 atom stereocenters. The van der Waals surface area contributed by atoms with Crippen molar-refractivity contribution in [1.82, 2.24) is 5.32 Å². The van der Waals surface area contributed by atoms with Gasteiger partial charge in [-0.05, 0) is 36.1 Å². The highest BCUT2D eigenvalue weighted by Gasteiger charge is 2.69. The van der Waals surface area contributed by atoms with Crippen LogP contribution < -0.4 is 10.2 Å². The maximum atomic E-state index is 13.8. The molecule has 0 saturated carbocycles. The Bertz CT molecular complexity index is 1410. The Balaban J connectivity index is 1.89. The first-order valence-corrected chi connectivity index (χ1v) is 11.7. The first-order valence-electron chi connectivity index (χ1n) is 10.9. The van der Waals surface area contributed by atoms with E-state index in [1.807, 2.05) is 13.8 Å². The summed E-state index contributed by atoms with van der Waals surface area (Å²) in [5.74, 6) is -4.44. The predicted octanol–water partition coefficient (Wildman–Crippen LogP) is 3.55. The van der Waals surface area contributed by atoms with Crippen LogP contribution in [0, 0.1) is 5.41 Å². The minimum atomic E-state index is -2.26. The second kappa shape index (κ2) is 7.64. The lowest BCUT2D eigenvalue weighted by molar-refractivity contribution is -0.132. The molecule has 1 unspecified atom stereocenters. The first-order chi connectivity index (χ1) is 16.5. The molecule has 3 aliphatic rings. The molecule has 2 heterocycles. The number of Topliss-reactive ketones (excluding diaryl/α,β-unsaturated/α-hetero) is 2. The van der Waals surface area contributed by atoms with Crippen molar-refractivity contribution < 1.29 is 29.4 Å². The number of nitrogens with one attached hydrogen (secondary N) is 1. The predicted molar refractivity (Wildman–Crippen MR) is 130 cm³/mol. The number of allylic oxidation sites excluding steroid dienone is 1. The number of carbonyl (C=O) groups is 4. The lowest BCUT2D eigenvalue weighted by Gasteiger charge is -2.37. The molecule has 1 aliphatic carbocycles. The zero-order valence-electron chi connectivity index (χ0n) is 18.9. The maximum Gasteiger partial charge on any atom is 0.300 e.